The number of hydrogen-bond donors (Lipinski definition) is 1. The Balaban J connectivity index is 2.21. The van der Waals surface area contributed by atoms with Crippen LogP contribution < -0.4 is 5.73 Å². The van der Waals surface area contributed by atoms with E-state index in [4.69, 9.17) is 33.7 Å². The van der Waals surface area contributed by atoms with Crippen molar-refractivity contribution < 1.29 is 17.9 Å². The molecule has 1 amide bonds. The Morgan fingerprint density at radius 1 is 1.40 bits per heavy atom. The molecule has 0 saturated carbocycles. The van der Waals surface area contributed by atoms with Crippen molar-refractivity contribution in [3.05, 3.63) is 28.2 Å². The van der Waals surface area contributed by atoms with Crippen molar-refractivity contribution in [2.75, 3.05) is 13.1 Å². The lowest BCUT2D eigenvalue weighted by Gasteiger charge is -2.17. The van der Waals surface area contributed by atoms with Crippen molar-refractivity contribution in [2.45, 2.75) is 17.4 Å². The summed E-state index contributed by atoms with van der Waals surface area (Å²) < 4.78 is 30.9. The largest absolute Gasteiger partial charge is 0.445 e. The Morgan fingerprint density at radius 2 is 2.10 bits per heavy atom. The van der Waals surface area contributed by atoms with Gasteiger partial charge in [0.25, 0.3) is 0 Å². The Morgan fingerprint density at radius 3 is 2.70 bits per heavy atom. The first-order valence-electron chi connectivity index (χ1n) is 5.72. The maximum absolute atomic E-state index is 12.4. The van der Waals surface area contributed by atoms with E-state index >= 15 is 0 Å². The number of rotatable bonds is 3. The van der Waals surface area contributed by atoms with Gasteiger partial charge < -0.3 is 10.5 Å². The van der Waals surface area contributed by atoms with E-state index < -0.39 is 22.2 Å². The SMILES string of the molecule is NC(=O)OC1CCN(S(=O)(=O)c2ccc(Cl)cc2Cl)C1. The maximum Gasteiger partial charge on any atom is 0.404 e. The van der Waals surface area contributed by atoms with Gasteiger partial charge in [-0.3, -0.25) is 0 Å². The van der Waals surface area contributed by atoms with Gasteiger partial charge in [0.05, 0.1) is 11.6 Å². The number of sulfonamides is 1. The molecule has 6 nitrogen and oxygen atoms in total. The molecule has 2 N–H and O–H groups in total. The number of ether oxygens (including phenoxy) is 1. The molecule has 0 radical (unpaired) electrons. The number of nitrogens with two attached hydrogens (primary N) is 1. The summed E-state index contributed by atoms with van der Waals surface area (Å²) in [5.74, 6) is 0. The van der Waals surface area contributed by atoms with Gasteiger partial charge in [0, 0.05) is 11.6 Å². The van der Waals surface area contributed by atoms with E-state index in [1.807, 2.05) is 0 Å². The van der Waals surface area contributed by atoms with E-state index in [0.717, 1.165) is 0 Å². The van der Waals surface area contributed by atoms with Crippen LogP contribution in [0.15, 0.2) is 23.1 Å². The van der Waals surface area contributed by atoms with Gasteiger partial charge in [-0.1, -0.05) is 23.2 Å². The zero-order chi connectivity index (χ0) is 14.9. The third kappa shape index (κ3) is 3.17. The van der Waals surface area contributed by atoms with Crippen LogP contribution in [0, 0.1) is 0 Å². The number of primary amides is 1. The molecule has 1 aliphatic rings. The van der Waals surface area contributed by atoms with Crippen molar-refractivity contribution >= 4 is 39.3 Å². The van der Waals surface area contributed by atoms with E-state index in [0.29, 0.717) is 11.4 Å². The summed E-state index contributed by atoms with van der Waals surface area (Å²) in [5, 5.41) is 0.405. The molecular weight excluding hydrogens is 327 g/mol. The van der Waals surface area contributed by atoms with Gasteiger partial charge in [-0.15, -0.1) is 0 Å². The fourth-order valence-corrected chi connectivity index (χ4v) is 4.23. The molecule has 2 rings (SSSR count). The topological polar surface area (TPSA) is 89.7 Å². The van der Waals surface area contributed by atoms with E-state index in [2.05, 4.69) is 0 Å². The molecule has 1 aromatic carbocycles. The van der Waals surface area contributed by atoms with Crippen molar-refractivity contribution in [2.24, 2.45) is 5.73 Å². The van der Waals surface area contributed by atoms with Gasteiger partial charge in [-0.2, -0.15) is 4.31 Å². The molecule has 1 saturated heterocycles. The van der Waals surface area contributed by atoms with Crippen LogP contribution in [0.3, 0.4) is 0 Å². The number of hydrogen-bond acceptors (Lipinski definition) is 4. The first kappa shape index (κ1) is 15.4. The highest BCUT2D eigenvalue weighted by Gasteiger charge is 2.35. The summed E-state index contributed by atoms with van der Waals surface area (Å²) >= 11 is 11.7. The Kier molecular flexibility index (Phi) is 4.43. The zero-order valence-corrected chi connectivity index (χ0v) is 12.6. The van der Waals surface area contributed by atoms with Gasteiger partial charge in [-0.25, -0.2) is 13.2 Å². The summed E-state index contributed by atoms with van der Waals surface area (Å²) in [6.07, 6.45) is -1.06. The zero-order valence-electron chi connectivity index (χ0n) is 10.3. The number of nitrogens with zero attached hydrogens (tertiary/aromatic N) is 1. The molecule has 0 aliphatic carbocycles. The summed E-state index contributed by atoms with van der Waals surface area (Å²) in [6.45, 7) is 0.295. The fraction of sp³-hybridized carbons (Fsp3) is 0.364. The Hall–Kier alpha value is -1.02. The van der Waals surface area contributed by atoms with Crippen LogP contribution in [0.5, 0.6) is 0 Å². The molecule has 9 heteroatoms. The molecule has 0 aromatic heterocycles. The van der Waals surface area contributed by atoms with Crippen molar-refractivity contribution in [3.63, 3.8) is 0 Å². The van der Waals surface area contributed by atoms with Crippen LogP contribution in [0.25, 0.3) is 0 Å². The second-order valence-electron chi connectivity index (χ2n) is 4.29. The quantitative estimate of drug-likeness (QED) is 0.910. The third-order valence-corrected chi connectivity index (χ3v) is 5.49. The minimum Gasteiger partial charge on any atom is -0.445 e. The van der Waals surface area contributed by atoms with Gasteiger partial charge >= 0.3 is 6.09 Å². The minimum absolute atomic E-state index is 0.0247. The Labute approximate surface area is 126 Å². The number of benzene rings is 1. The lowest BCUT2D eigenvalue weighted by Crippen LogP contribution is -2.31. The molecule has 1 aromatic rings. The van der Waals surface area contributed by atoms with Crippen LogP contribution in [0.4, 0.5) is 4.79 Å². The van der Waals surface area contributed by atoms with Gasteiger partial charge in [0.15, 0.2) is 0 Å². The van der Waals surface area contributed by atoms with E-state index in [1.54, 1.807) is 0 Å². The van der Waals surface area contributed by atoms with Gasteiger partial charge in [0.1, 0.15) is 11.0 Å². The maximum atomic E-state index is 12.4. The van der Waals surface area contributed by atoms with E-state index in [-0.39, 0.29) is 23.0 Å². The average Bonchev–Trinajstić information content (AvgIpc) is 2.76. The monoisotopic (exact) mass is 338 g/mol. The third-order valence-electron chi connectivity index (χ3n) is 2.90. The molecule has 1 heterocycles. The second-order valence-corrected chi connectivity index (χ2v) is 7.04. The van der Waals surface area contributed by atoms with Gasteiger partial charge in [-0.05, 0) is 24.6 Å². The van der Waals surface area contributed by atoms with E-state index in [1.165, 1.54) is 22.5 Å². The standard InChI is InChI=1S/C11H12Cl2N2O4S/c12-7-1-2-10(9(13)5-7)20(17,18)15-4-3-8(6-15)19-11(14)16/h1-2,5,8H,3-4,6H2,(H2,14,16). The number of amides is 1. The lowest BCUT2D eigenvalue weighted by molar-refractivity contribution is 0.114. The molecule has 1 fully saturated rings. The first-order valence-corrected chi connectivity index (χ1v) is 7.91. The summed E-state index contributed by atoms with van der Waals surface area (Å²) in [5.41, 5.74) is 4.91. The van der Waals surface area contributed by atoms with Gasteiger partial charge in [0.2, 0.25) is 10.0 Å². The molecule has 110 valence electrons. The van der Waals surface area contributed by atoms with Crippen molar-refractivity contribution in [1.82, 2.24) is 4.31 Å². The molecule has 1 unspecified atom stereocenters. The van der Waals surface area contributed by atoms with Crippen molar-refractivity contribution in [3.8, 4) is 0 Å². The van der Waals surface area contributed by atoms with Crippen LogP contribution in [0.2, 0.25) is 10.0 Å². The molecular formula is C11H12Cl2N2O4S. The average molecular weight is 339 g/mol. The van der Waals surface area contributed by atoms with Crippen LogP contribution in [-0.4, -0.2) is 38.0 Å². The molecule has 1 atom stereocenters. The van der Waals surface area contributed by atoms with E-state index in [9.17, 15) is 13.2 Å². The molecule has 1 aliphatic heterocycles. The summed E-state index contributed by atoms with van der Waals surface area (Å²) in [7, 11) is -3.74. The highest BCUT2D eigenvalue weighted by Crippen LogP contribution is 2.29. The number of carbonyl (C=O) groups excluding carboxylic acids is 1. The minimum atomic E-state index is -3.74. The van der Waals surface area contributed by atoms with Crippen LogP contribution >= 0.6 is 23.2 Å². The smallest absolute Gasteiger partial charge is 0.404 e. The first-order chi connectivity index (χ1) is 9.30. The summed E-state index contributed by atoms with van der Waals surface area (Å²) in [4.78, 5) is 10.6. The molecule has 0 spiro atoms. The van der Waals surface area contributed by atoms with Crippen LogP contribution in [0.1, 0.15) is 6.42 Å². The highest BCUT2D eigenvalue weighted by atomic mass is 35.5. The molecule has 20 heavy (non-hydrogen) atoms. The fourth-order valence-electron chi connectivity index (χ4n) is 2.00. The lowest BCUT2D eigenvalue weighted by atomic mass is 10.3. The van der Waals surface area contributed by atoms with Crippen molar-refractivity contribution in [1.29, 1.82) is 0 Å². The van der Waals surface area contributed by atoms with Crippen LogP contribution in [-0.2, 0) is 14.8 Å². The predicted molar refractivity (Wildman–Crippen MR) is 74.3 cm³/mol. The summed E-state index contributed by atoms with van der Waals surface area (Å²) in [6, 6.07) is 4.17. The Bertz CT molecular complexity index is 635. The normalized spacial score (nSPS) is 20.0. The highest BCUT2D eigenvalue weighted by molar-refractivity contribution is 7.89. The molecule has 0 bridgehead atoms. The second kappa shape index (κ2) is 5.77. The predicted octanol–water partition coefficient (Wildman–Crippen LogP) is 1.85. The number of halogens is 2. The number of carbonyl (C=O) groups is 1.